The summed E-state index contributed by atoms with van der Waals surface area (Å²) in [5.41, 5.74) is 6.39. The van der Waals surface area contributed by atoms with Crippen molar-refractivity contribution in [2.45, 2.75) is 0 Å². The quantitative estimate of drug-likeness (QED) is 0.759. The molecular weight excluding hydrogens is 279 g/mol. The number of anilines is 1. The zero-order valence-electron chi connectivity index (χ0n) is 10.3. The standard InChI is InChI=1S/C14H11FN2O2S/c15-12-7-10(18)4-5-11(12)14(19)17-9-3-1-2-8(6-9)13(16)20/h1-7,18H,(H2,16,20)(H,17,19). The van der Waals surface area contributed by atoms with Gasteiger partial charge in [-0.15, -0.1) is 0 Å². The number of thiocarbonyl (C=S) groups is 1. The fourth-order valence-electron chi connectivity index (χ4n) is 1.64. The van der Waals surface area contributed by atoms with E-state index in [1.54, 1.807) is 24.3 Å². The summed E-state index contributed by atoms with van der Waals surface area (Å²) in [6.07, 6.45) is 0. The maximum Gasteiger partial charge on any atom is 0.258 e. The van der Waals surface area contributed by atoms with Gasteiger partial charge in [-0.1, -0.05) is 24.4 Å². The van der Waals surface area contributed by atoms with E-state index < -0.39 is 11.7 Å². The van der Waals surface area contributed by atoms with Gasteiger partial charge in [-0.25, -0.2) is 4.39 Å². The summed E-state index contributed by atoms with van der Waals surface area (Å²) >= 11 is 4.84. The Hall–Kier alpha value is -2.47. The maximum absolute atomic E-state index is 13.5. The number of nitrogens with one attached hydrogen (secondary N) is 1. The smallest absolute Gasteiger partial charge is 0.258 e. The van der Waals surface area contributed by atoms with Crippen LogP contribution >= 0.6 is 12.2 Å². The highest BCUT2D eigenvalue weighted by Crippen LogP contribution is 2.17. The van der Waals surface area contributed by atoms with Crippen molar-refractivity contribution in [3.8, 4) is 5.75 Å². The normalized spacial score (nSPS) is 10.1. The van der Waals surface area contributed by atoms with Gasteiger partial charge in [-0.2, -0.15) is 0 Å². The van der Waals surface area contributed by atoms with Gasteiger partial charge in [0.05, 0.1) is 5.56 Å². The molecule has 1 amide bonds. The molecule has 4 nitrogen and oxygen atoms in total. The van der Waals surface area contributed by atoms with Crippen molar-refractivity contribution in [3.63, 3.8) is 0 Å². The first-order valence-corrected chi connectivity index (χ1v) is 6.08. The molecule has 2 aromatic rings. The van der Waals surface area contributed by atoms with Gasteiger partial charge < -0.3 is 16.2 Å². The molecule has 2 aromatic carbocycles. The van der Waals surface area contributed by atoms with E-state index in [2.05, 4.69) is 5.32 Å². The average molecular weight is 290 g/mol. The summed E-state index contributed by atoms with van der Waals surface area (Å²) in [5, 5.41) is 11.6. The molecule has 0 heterocycles. The van der Waals surface area contributed by atoms with Crippen LogP contribution in [0.3, 0.4) is 0 Å². The molecule has 0 saturated carbocycles. The van der Waals surface area contributed by atoms with Crippen LogP contribution in [0.25, 0.3) is 0 Å². The Labute approximate surface area is 120 Å². The van der Waals surface area contributed by atoms with E-state index in [1.807, 2.05) is 0 Å². The third-order valence-electron chi connectivity index (χ3n) is 2.60. The molecule has 6 heteroatoms. The predicted octanol–water partition coefficient (Wildman–Crippen LogP) is 2.42. The lowest BCUT2D eigenvalue weighted by Crippen LogP contribution is -2.15. The number of aromatic hydroxyl groups is 1. The van der Waals surface area contributed by atoms with E-state index >= 15 is 0 Å². The highest BCUT2D eigenvalue weighted by molar-refractivity contribution is 7.80. The van der Waals surface area contributed by atoms with Gasteiger partial charge in [0.15, 0.2) is 0 Å². The van der Waals surface area contributed by atoms with Crippen molar-refractivity contribution in [3.05, 3.63) is 59.4 Å². The molecule has 2 rings (SSSR count). The highest BCUT2D eigenvalue weighted by atomic mass is 32.1. The average Bonchev–Trinajstić information content (AvgIpc) is 2.38. The minimum absolute atomic E-state index is 0.163. The van der Waals surface area contributed by atoms with Crippen molar-refractivity contribution in [1.29, 1.82) is 0 Å². The Balaban J connectivity index is 2.23. The largest absolute Gasteiger partial charge is 0.508 e. The summed E-state index contributed by atoms with van der Waals surface area (Å²) in [6, 6.07) is 9.94. The summed E-state index contributed by atoms with van der Waals surface area (Å²) in [4.78, 5) is 12.1. The number of nitrogens with two attached hydrogens (primary N) is 1. The van der Waals surface area contributed by atoms with E-state index in [9.17, 15) is 9.18 Å². The van der Waals surface area contributed by atoms with Crippen LogP contribution in [0.1, 0.15) is 15.9 Å². The molecule has 0 aromatic heterocycles. The molecule has 0 aliphatic carbocycles. The molecule has 0 unspecified atom stereocenters. The zero-order chi connectivity index (χ0) is 14.7. The van der Waals surface area contributed by atoms with Crippen LogP contribution in [0.5, 0.6) is 5.75 Å². The van der Waals surface area contributed by atoms with Crippen LogP contribution in [0.15, 0.2) is 42.5 Å². The summed E-state index contributed by atoms with van der Waals surface area (Å²) in [7, 11) is 0. The fourth-order valence-corrected chi connectivity index (χ4v) is 1.76. The lowest BCUT2D eigenvalue weighted by molar-refractivity contribution is 0.102. The Morgan fingerprint density at radius 2 is 2.00 bits per heavy atom. The second kappa shape index (κ2) is 5.66. The van der Waals surface area contributed by atoms with Crippen molar-refractivity contribution >= 4 is 28.8 Å². The number of carbonyl (C=O) groups excluding carboxylic acids is 1. The van der Waals surface area contributed by atoms with Gasteiger partial charge in [0.1, 0.15) is 16.6 Å². The number of carbonyl (C=O) groups is 1. The molecular formula is C14H11FN2O2S. The van der Waals surface area contributed by atoms with Crippen molar-refractivity contribution in [2.75, 3.05) is 5.32 Å². The van der Waals surface area contributed by atoms with Crippen LogP contribution in [0.2, 0.25) is 0 Å². The van der Waals surface area contributed by atoms with Crippen LogP contribution < -0.4 is 11.1 Å². The maximum atomic E-state index is 13.5. The lowest BCUT2D eigenvalue weighted by atomic mass is 10.1. The predicted molar refractivity (Wildman–Crippen MR) is 78.3 cm³/mol. The Kier molecular flexibility index (Phi) is 3.95. The number of halogens is 1. The number of hydrogen-bond acceptors (Lipinski definition) is 3. The van der Waals surface area contributed by atoms with Crippen molar-refractivity contribution < 1.29 is 14.3 Å². The van der Waals surface area contributed by atoms with E-state index in [-0.39, 0.29) is 16.3 Å². The van der Waals surface area contributed by atoms with Crippen molar-refractivity contribution in [2.24, 2.45) is 5.73 Å². The van der Waals surface area contributed by atoms with E-state index in [1.165, 1.54) is 12.1 Å². The zero-order valence-corrected chi connectivity index (χ0v) is 11.1. The highest BCUT2D eigenvalue weighted by Gasteiger charge is 2.12. The van der Waals surface area contributed by atoms with Gasteiger partial charge in [-0.05, 0) is 24.3 Å². The number of amides is 1. The van der Waals surface area contributed by atoms with Crippen molar-refractivity contribution in [1.82, 2.24) is 0 Å². The Bertz CT molecular complexity index is 689. The monoisotopic (exact) mass is 290 g/mol. The molecule has 0 bridgehead atoms. The van der Waals surface area contributed by atoms with E-state index in [0.717, 1.165) is 6.07 Å². The summed E-state index contributed by atoms with van der Waals surface area (Å²) in [6.45, 7) is 0. The topological polar surface area (TPSA) is 75.3 Å². The van der Waals surface area contributed by atoms with Gasteiger partial charge >= 0.3 is 0 Å². The molecule has 102 valence electrons. The molecule has 20 heavy (non-hydrogen) atoms. The first-order chi connectivity index (χ1) is 9.47. The minimum Gasteiger partial charge on any atom is -0.508 e. The van der Waals surface area contributed by atoms with Crippen LogP contribution in [-0.4, -0.2) is 16.0 Å². The lowest BCUT2D eigenvalue weighted by Gasteiger charge is -2.07. The fraction of sp³-hybridized carbons (Fsp3) is 0. The second-order valence-corrected chi connectivity index (χ2v) is 4.50. The number of hydrogen-bond donors (Lipinski definition) is 3. The van der Waals surface area contributed by atoms with Gasteiger partial charge in [-0.3, -0.25) is 4.79 Å². The molecule has 0 fully saturated rings. The van der Waals surface area contributed by atoms with Crippen LogP contribution in [0.4, 0.5) is 10.1 Å². The Morgan fingerprint density at radius 1 is 1.25 bits per heavy atom. The SMILES string of the molecule is NC(=S)c1cccc(NC(=O)c2ccc(O)cc2F)c1. The van der Waals surface area contributed by atoms with Crippen LogP contribution in [0, 0.1) is 5.82 Å². The molecule has 0 saturated heterocycles. The Morgan fingerprint density at radius 3 is 2.65 bits per heavy atom. The minimum atomic E-state index is -0.798. The molecule has 0 spiro atoms. The number of rotatable bonds is 3. The third-order valence-corrected chi connectivity index (χ3v) is 2.84. The van der Waals surface area contributed by atoms with Gasteiger partial charge in [0.25, 0.3) is 5.91 Å². The molecule has 0 radical (unpaired) electrons. The molecule has 0 atom stereocenters. The van der Waals surface area contributed by atoms with Gasteiger partial charge in [0, 0.05) is 17.3 Å². The van der Waals surface area contributed by atoms with E-state index in [4.69, 9.17) is 23.1 Å². The molecule has 0 aliphatic heterocycles. The number of phenols is 1. The first-order valence-electron chi connectivity index (χ1n) is 5.67. The number of benzene rings is 2. The third kappa shape index (κ3) is 3.10. The van der Waals surface area contributed by atoms with Crippen LogP contribution in [-0.2, 0) is 0 Å². The van der Waals surface area contributed by atoms with Gasteiger partial charge in [0.2, 0.25) is 0 Å². The summed E-state index contributed by atoms with van der Waals surface area (Å²) < 4.78 is 13.5. The molecule has 0 aliphatic rings. The number of phenolic OH excluding ortho intramolecular Hbond substituents is 1. The summed E-state index contributed by atoms with van der Waals surface area (Å²) in [5.74, 6) is -1.66. The van der Waals surface area contributed by atoms with E-state index in [0.29, 0.717) is 11.3 Å². The first kappa shape index (κ1) is 14.0. The molecule has 4 N–H and O–H groups in total. The second-order valence-electron chi connectivity index (χ2n) is 4.06.